The molecule has 0 radical (unpaired) electrons. The van der Waals surface area contributed by atoms with Crippen molar-refractivity contribution >= 4 is 29.7 Å². The molecule has 8 nitrogen and oxygen atoms in total. The summed E-state index contributed by atoms with van der Waals surface area (Å²) in [7, 11) is 0. The zero-order valence-electron chi connectivity index (χ0n) is 19.0. The number of hydrogen-bond acceptors (Lipinski definition) is 6. The maximum absolute atomic E-state index is 11.1. The molecular weight excluding hydrogens is 458 g/mol. The van der Waals surface area contributed by atoms with E-state index >= 15 is 0 Å². The van der Waals surface area contributed by atoms with Gasteiger partial charge in [0.1, 0.15) is 0 Å². The van der Waals surface area contributed by atoms with Gasteiger partial charge >= 0.3 is 17.9 Å². The number of carbonyl (C=O) groups is 3. The Morgan fingerprint density at radius 3 is 2.32 bits per heavy atom. The monoisotopic (exact) mass is 487 g/mol. The molecule has 34 heavy (non-hydrogen) atoms. The third-order valence-corrected chi connectivity index (χ3v) is 7.16. The van der Waals surface area contributed by atoms with E-state index < -0.39 is 17.9 Å². The first-order chi connectivity index (χ1) is 16.2. The number of aryl methyl sites for hydroxylation is 1. The topological polar surface area (TPSA) is 124 Å². The number of rotatable bonds is 5. The average Bonchev–Trinajstić information content (AvgIpc) is 2.96. The summed E-state index contributed by atoms with van der Waals surface area (Å²) in [6.45, 7) is 5.36. The van der Waals surface area contributed by atoms with Crippen molar-refractivity contribution in [3.63, 3.8) is 0 Å². The van der Waals surface area contributed by atoms with Crippen LogP contribution in [0.25, 0.3) is 0 Å². The van der Waals surface area contributed by atoms with Gasteiger partial charge in [0.05, 0.1) is 18.6 Å². The quantitative estimate of drug-likeness (QED) is 0.541. The molecule has 2 aromatic rings. The van der Waals surface area contributed by atoms with Crippen LogP contribution in [0.2, 0.25) is 0 Å². The summed E-state index contributed by atoms with van der Waals surface area (Å²) in [5.41, 5.74) is 3.91. The van der Waals surface area contributed by atoms with Gasteiger partial charge in [0, 0.05) is 22.8 Å². The fourth-order valence-electron chi connectivity index (χ4n) is 4.11. The third kappa shape index (κ3) is 7.06. The van der Waals surface area contributed by atoms with Gasteiger partial charge in [0.2, 0.25) is 0 Å². The van der Waals surface area contributed by atoms with Crippen molar-refractivity contribution in [2.24, 2.45) is 5.92 Å². The lowest BCUT2D eigenvalue weighted by Crippen LogP contribution is -2.38. The van der Waals surface area contributed by atoms with Crippen LogP contribution in [-0.2, 0) is 25.5 Å². The van der Waals surface area contributed by atoms with E-state index in [0.29, 0.717) is 6.61 Å². The molecule has 0 aromatic heterocycles. The van der Waals surface area contributed by atoms with E-state index in [1.165, 1.54) is 26.5 Å². The first kappa shape index (κ1) is 25.7. The Morgan fingerprint density at radius 1 is 1.00 bits per heavy atom. The van der Waals surface area contributed by atoms with E-state index in [1.807, 2.05) is 11.8 Å². The third-order valence-electron chi connectivity index (χ3n) is 5.95. The zero-order chi connectivity index (χ0) is 24.7. The van der Waals surface area contributed by atoms with Crippen LogP contribution in [0.3, 0.4) is 0 Å². The second kappa shape index (κ2) is 12.0. The van der Waals surface area contributed by atoms with Crippen LogP contribution in [-0.4, -0.2) is 64.4 Å². The standard InChI is InChI=1S/C23H27NO3S.C2H2O4/c1-16-6-7-21-18(14-16)15-20(19-4-2-3-5-22(19)28-21)27-13-12-24-10-8-17(9-11-24)23(25)26;3-1(4)2(5)6/h2-7,14,17,20H,8-13,15H2,1H3,(H,25,26);(H,3,4)(H,5,6). The molecule has 1 atom stereocenters. The van der Waals surface area contributed by atoms with Crippen LogP contribution >= 0.6 is 11.8 Å². The minimum atomic E-state index is -1.82. The number of ether oxygens (including phenoxy) is 1. The van der Waals surface area contributed by atoms with Gasteiger partial charge < -0.3 is 25.0 Å². The molecular formula is C25H29NO7S. The van der Waals surface area contributed by atoms with Crippen molar-refractivity contribution in [3.8, 4) is 0 Å². The van der Waals surface area contributed by atoms with Crippen LogP contribution in [0.4, 0.5) is 0 Å². The lowest BCUT2D eigenvalue weighted by Gasteiger charge is -2.30. The zero-order valence-corrected chi connectivity index (χ0v) is 19.8. The predicted octanol–water partition coefficient (Wildman–Crippen LogP) is 3.71. The molecule has 2 aromatic carbocycles. The van der Waals surface area contributed by atoms with Gasteiger partial charge in [-0.15, -0.1) is 0 Å². The van der Waals surface area contributed by atoms with E-state index in [2.05, 4.69) is 54.3 Å². The Labute approximate surface area is 202 Å². The number of fused-ring (bicyclic) bond motifs is 2. The highest BCUT2D eigenvalue weighted by Gasteiger charge is 2.26. The SMILES string of the molecule is Cc1ccc2c(c1)CC(OCCN1CCC(C(=O)O)CC1)c1ccccc1S2.O=C(O)C(=O)O. The summed E-state index contributed by atoms with van der Waals surface area (Å²) in [5, 5.41) is 23.9. The summed E-state index contributed by atoms with van der Waals surface area (Å²) < 4.78 is 6.39. The lowest BCUT2D eigenvalue weighted by molar-refractivity contribution is -0.159. The highest BCUT2D eigenvalue weighted by atomic mass is 32.2. The number of carboxylic acids is 3. The predicted molar refractivity (Wildman–Crippen MR) is 126 cm³/mol. The van der Waals surface area contributed by atoms with Crippen LogP contribution < -0.4 is 0 Å². The highest BCUT2D eigenvalue weighted by Crippen LogP contribution is 2.42. The molecule has 0 bridgehead atoms. The Kier molecular flexibility index (Phi) is 9.09. The smallest absolute Gasteiger partial charge is 0.414 e. The number of likely N-dealkylation sites (tertiary alicyclic amines) is 1. The fraction of sp³-hybridized carbons (Fsp3) is 0.400. The molecule has 0 amide bonds. The number of nitrogens with zero attached hydrogens (tertiary/aromatic N) is 1. The maximum atomic E-state index is 11.1. The Morgan fingerprint density at radius 2 is 1.68 bits per heavy atom. The highest BCUT2D eigenvalue weighted by molar-refractivity contribution is 7.99. The second-order valence-corrected chi connectivity index (χ2v) is 9.46. The number of hydrogen-bond donors (Lipinski definition) is 3. The second-order valence-electron chi connectivity index (χ2n) is 8.38. The molecule has 2 aliphatic heterocycles. The molecule has 2 aliphatic rings. The van der Waals surface area contributed by atoms with Gasteiger partial charge in [-0.05, 0) is 56.1 Å². The number of carboxylic acid groups (broad SMARTS) is 3. The van der Waals surface area contributed by atoms with Crippen molar-refractivity contribution in [3.05, 3.63) is 59.2 Å². The molecule has 2 heterocycles. The summed E-state index contributed by atoms with van der Waals surface area (Å²) in [4.78, 5) is 34.2. The van der Waals surface area contributed by atoms with Crippen LogP contribution in [0.15, 0.2) is 52.3 Å². The molecule has 1 unspecified atom stereocenters. The van der Waals surface area contributed by atoms with Crippen LogP contribution in [0, 0.1) is 12.8 Å². The molecule has 0 saturated carbocycles. The first-order valence-corrected chi connectivity index (χ1v) is 12.0. The van der Waals surface area contributed by atoms with Gasteiger partial charge in [-0.25, -0.2) is 9.59 Å². The first-order valence-electron chi connectivity index (χ1n) is 11.1. The van der Waals surface area contributed by atoms with E-state index in [1.54, 1.807) is 0 Å². The molecule has 0 spiro atoms. The van der Waals surface area contributed by atoms with E-state index in [4.69, 9.17) is 29.6 Å². The van der Waals surface area contributed by atoms with Crippen molar-refractivity contribution in [2.45, 2.75) is 42.1 Å². The molecule has 3 N–H and O–H groups in total. The molecule has 4 rings (SSSR count). The Hall–Kier alpha value is -2.88. The maximum Gasteiger partial charge on any atom is 0.414 e. The summed E-state index contributed by atoms with van der Waals surface area (Å²) in [5.74, 6) is -4.48. The van der Waals surface area contributed by atoms with E-state index in [0.717, 1.165) is 38.9 Å². The van der Waals surface area contributed by atoms with Gasteiger partial charge in [0.15, 0.2) is 0 Å². The number of piperidine rings is 1. The van der Waals surface area contributed by atoms with Crippen LogP contribution in [0.1, 0.15) is 35.6 Å². The largest absolute Gasteiger partial charge is 0.481 e. The molecule has 0 aliphatic carbocycles. The Bertz CT molecular complexity index is 1020. The normalized spacial score (nSPS) is 18.0. The summed E-state index contributed by atoms with van der Waals surface area (Å²) >= 11 is 1.83. The molecule has 182 valence electrons. The minimum Gasteiger partial charge on any atom is -0.481 e. The lowest BCUT2D eigenvalue weighted by atomic mass is 9.97. The number of benzene rings is 2. The van der Waals surface area contributed by atoms with Crippen molar-refractivity contribution < 1.29 is 34.4 Å². The fourth-order valence-corrected chi connectivity index (χ4v) is 5.22. The van der Waals surface area contributed by atoms with Gasteiger partial charge in [0.25, 0.3) is 0 Å². The van der Waals surface area contributed by atoms with Gasteiger partial charge in [-0.2, -0.15) is 0 Å². The summed E-state index contributed by atoms with van der Waals surface area (Å²) in [6.07, 6.45) is 2.43. The van der Waals surface area contributed by atoms with E-state index in [-0.39, 0.29) is 12.0 Å². The molecule has 9 heteroatoms. The van der Waals surface area contributed by atoms with Gasteiger partial charge in [-0.3, -0.25) is 4.79 Å². The average molecular weight is 488 g/mol. The Balaban J connectivity index is 0.000000481. The van der Waals surface area contributed by atoms with Crippen molar-refractivity contribution in [1.29, 1.82) is 0 Å². The van der Waals surface area contributed by atoms with Crippen LogP contribution in [0.5, 0.6) is 0 Å². The van der Waals surface area contributed by atoms with Gasteiger partial charge in [-0.1, -0.05) is 47.7 Å². The van der Waals surface area contributed by atoms with Crippen molar-refractivity contribution in [1.82, 2.24) is 4.90 Å². The van der Waals surface area contributed by atoms with Crippen molar-refractivity contribution in [2.75, 3.05) is 26.2 Å². The molecule has 1 saturated heterocycles. The van der Waals surface area contributed by atoms with E-state index in [9.17, 15) is 4.79 Å². The number of aliphatic carboxylic acids is 3. The minimum absolute atomic E-state index is 0.0586. The molecule has 1 fully saturated rings. The summed E-state index contributed by atoms with van der Waals surface area (Å²) in [6, 6.07) is 15.2.